The molecule has 1 aliphatic heterocycles. The molecule has 0 amide bonds. The van der Waals surface area contributed by atoms with Crippen molar-refractivity contribution in [3.63, 3.8) is 0 Å². The van der Waals surface area contributed by atoms with Gasteiger partial charge >= 0.3 is 0 Å². The van der Waals surface area contributed by atoms with Crippen molar-refractivity contribution in [1.29, 1.82) is 0 Å². The van der Waals surface area contributed by atoms with E-state index in [1.165, 1.54) is 5.69 Å². The fourth-order valence-corrected chi connectivity index (χ4v) is 2.83. The van der Waals surface area contributed by atoms with Gasteiger partial charge in [-0.15, -0.1) is 0 Å². The van der Waals surface area contributed by atoms with E-state index in [9.17, 15) is 4.39 Å². The van der Waals surface area contributed by atoms with E-state index in [0.717, 1.165) is 49.6 Å². The molecule has 0 atom stereocenters. The lowest BCUT2D eigenvalue weighted by atomic mass is 10.1. The quantitative estimate of drug-likeness (QED) is 0.932. The second-order valence-corrected chi connectivity index (χ2v) is 5.37. The third-order valence-electron chi connectivity index (χ3n) is 3.83. The van der Waals surface area contributed by atoms with Crippen LogP contribution in [0.15, 0.2) is 18.2 Å². The lowest BCUT2D eigenvalue weighted by Gasteiger charge is -2.16. The van der Waals surface area contributed by atoms with Gasteiger partial charge in [-0.1, -0.05) is 6.92 Å². The number of halogens is 1. The third-order valence-corrected chi connectivity index (χ3v) is 3.83. The van der Waals surface area contributed by atoms with Crippen molar-refractivity contribution < 1.29 is 4.39 Å². The van der Waals surface area contributed by atoms with Crippen LogP contribution in [0.2, 0.25) is 0 Å². The number of nitrogens with one attached hydrogen (secondary N) is 1. The van der Waals surface area contributed by atoms with Crippen molar-refractivity contribution in [3.8, 4) is 5.69 Å². The number of rotatable bonds is 3. The second kappa shape index (κ2) is 5.37. The highest BCUT2D eigenvalue weighted by Crippen LogP contribution is 2.23. The van der Waals surface area contributed by atoms with Gasteiger partial charge < -0.3 is 9.88 Å². The Morgan fingerprint density at radius 3 is 3.00 bits per heavy atom. The molecule has 0 spiro atoms. The Morgan fingerprint density at radius 2 is 2.25 bits per heavy atom. The molecule has 3 rings (SSSR count). The van der Waals surface area contributed by atoms with Crippen LogP contribution in [0.25, 0.3) is 5.69 Å². The zero-order valence-electron chi connectivity index (χ0n) is 12.0. The maximum Gasteiger partial charge on any atom is 0.126 e. The van der Waals surface area contributed by atoms with Gasteiger partial charge in [0.1, 0.15) is 11.6 Å². The van der Waals surface area contributed by atoms with Crippen LogP contribution < -0.4 is 5.32 Å². The van der Waals surface area contributed by atoms with Gasteiger partial charge in [-0.05, 0) is 37.1 Å². The van der Waals surface area contributed by atoms with Crippen LogP contribution in [0.1, 0.15) is 36.1 Å². The number of aryl methyl sites for hydroxylation is 2. The molecule has 0 aliphatic carbocycles. The van der Waals surface area contributed by atoms with Gasteiger partial charge in [0.15, 0.2) is 0 Å². The fourth-order valence-electron chi connectivity index (χ4n) is 2.83. The molecule has 0 saturated carbocycles. The van der Waals surface area contributed by atoms with E-state index >= 15 is 0 Å². The van der Waals surface area contributed by atoms with E-state index in [1.807, 2.05) is 19.1 Å². The number of nitrogens with zero attached hydrogens (tertiary/aromatic N) is 2. The first-order valence-corrected chi connectivity index (χ1v) is 7.27. The Kier molecular flexibility index (Phi) is 3.57. The first-order valence-electron chi connectivity index (χ1n) is 7.27. The highest BCUT2D eigenvalue weighted by atomic mass is 19.1. The van der Waals surface area contributed by atoms with Crippen LogP contribution in [0.5, 0.6) is 0 Å². The molecule has 0 radical (unpaired) electrons. The van der Waals surface area contributed by atoms with Gasteiger partial charge in [0.05, 0.1) is 5.69 Å². The molecule has 2 heterocycles. The molecule has 3 nitrogen and oxygen atoms in total. The normalized spacial score (nSPS) is 14.3. The number of imidazole rings is 1. The van der Waals surface area contributed by atoms with E-state index < -0.39 is 0 Å². The molecule has 4 heteroatoms. The molecule has 1 aromatic carbocycles. The molecule has 2 aromatic rings. The minimum Gasteiger partial charge on any atom is -0.311 e. The zero-order chi connectivity index (χ0) is 14.1. The van der Waals surface area contributed by atoms with Crippen molar-refractivity contribution in [3.05, 3.63) is 46.8 Å². The standard InChI is InChI=1S/C16H20FN3/c1-3-4-16-19-14-10-18-8-7-15(14)20(16)12-5-6-13(17)11(2)9-12/h5-6,9,18H,3-4,7-8,10H2,1-2H3. The molecule has 1 aliphatic rings. The summed E-state index contributed by atoms with van der Waals surface area (Å²) < 4.78 is 15.7. The van der Waals surface area contributed by atoms with Gasteiger partial charge in [0, 0.05) is 37.3 Å². The van der Waals surface area contributed by atoms with Crippen molar-refractivity contribution in [2.24, 2.45) is 0 Å². The first kappa shape index (κ1) is 13.3. The number of hydrogen-bond donors (Lipinski definition) is 1. The highest BCUT2D eigenvalue weighted by Gasteiger charge is 2.20. The Labute approximate surface area is 118 Å². The van der Waals surface area contributed by atoms with Crippen LogP contribution in [-0.2, 0) is 19.4 Å². The molecule has 1 N–H and O–H groups in total. The van der Waals surface area contributed by atoms with E-state index in [2.05, 4.69) is 16.8 Å². The molecule has 0 bridgehead atoms. The molecule has 1 aromatic heterocycles. The van der Waals surface area contributed by atoms with Crippen molar-refractivity contribution in [2.45, 2.75) is 39.7 Å². The van der Waals surface area contributed by atoms with Crippen LogP contribution in [0.3, 0.4) is 0 Å². The summed E-state index contributed by atoms with van der Waals surface area (Å²) in [6.07, 6.45) is 2.98. The maximum absolute atomic E-state index is 13.5. The molecule has 0 saturated heterocycles. The maximum atomic E-state index is 13.5. The van der Waals surface area contributed by atoms with E-state index in [4.69, 9.17) is 4.98 Å². The lowest BCUT2D eigenvalue weighted by Crippen LogP contribution is -2.24. The minimum absolute atomic E-state index is 0.151. The SMILES string of the molecule is CCCc1nc2c(n1-c1ccc(F)c(C)c1)CCNC2. The third kappa shape index (κ3) is 2.24. The van der Waals surface area contributed by atoms with Crippen molar-refractivity contribution >= 4 is 0 Å². The van der Waals surface area contributed by atoms with Gasteiger partial charge in [-0.25, -0.2) is 9.37 Å². The summed E-state index contributed by atoms with van der Waals surface area (Å²) in [6, 6.07) is 5.32. The molecule has 0 fully saturated rings. The van der Waals surface area contributed by atoms with E-state index in [-0.39, 0.29) is 5.82 Å². The Morgan fingerprint density at radius 1 is 1.40 bits per heavy atom. The topological polar surface area (TPSA) is 29.9 Å². The van der Waals surface area contributed by atoms with Crippen molar-refractivity contribution in [2.75, 3.05) is 6.54 Å². The van der Waals surface area contributed by atoms with Gasteiger partial charge in [-0.3, -0.25) is 0 Å². The Hall–Kier alpha value is -1.68. The summed E-state index contributed by atoms with van der Waals surface area (Å²) in [7, 11) is 0. The first-order chi connectivity index (χ1) is 9.70. The predicted molar refractivity (Wildman–Crippen MR) is 77.7 cm³/mol. The number of benzene rings is 1. The summed E-state index contributed by atoms with van der Waals surface area (Å²) in [4.78, 5) is 4.78. The lowest BCUT2D eigenvalue weighted by molar-refractivity contribution is 0.613. The predicted octanol–water partition coefficient (Wildman–Crippen LogP) is 2.92. The smallest absolute Gasteiger partial charge is 0.126 e. The monoisotopic (exact) mass is 273 g/mol. The number of aromatic nitrogens is 2. The highest BCUT2D eigenvalue weighted by molar-refractivity contribution is 5.41. The van der Waals surface area contributed by atoms with E-state index in [0.29, 0.717) is 5.56 Å². The average Bonchev–Trinajstić information content (AvgIpc) is 2.80. The fraction of sp³-hybridized carbons (Fsp3) is 0.438. The summed E-state index contributed by atoms with van der Waals surface area (Å²) >= 11 is 0. The molecule has 106 valence electrons. The molecular weight excluding hydrogens is 253 g/mol. The molecule has 0 unspecified atom stereocenters. The summed E-state index contributed by atoms with van der Waals surface area (Å²) in [5.41, 5.74) is 4.13. The average molecular weight is 273 g/mol. The minimum atomic E-state index is -0.151. The Balaban J connectivity index is 2.14. The van der Waals surface area contributed by atoms with E-state index in [1.54, 1.807) is 6.07 Å². The summed E-state index contributed by atoms with van der Waals surface area (Å²) in [5.74, 6) is 0.939. The van der Waals surface area contributed by atoms with Crippen LogP contribution in [0.4, 0.5) is 4.39 Å². The van der Waals surface area contributed by atoms with Crippen molar-refractivity contribution in [1.82, 2.24) is 14.9 Å². The van der Waals surface area contributed by atoms with Crippen LogP contribution in [0, 0.1) is 12.7 Å². The Bertz CT molecular complexity index is 631. The summed E-state index contributed by atoms with van der Waals surface area (Å²) in [6.45, 7) is 5.78. The van der Waals surface area contributed by atoms with Crippen LogP contribution >= 0.6 is 0 Å². The summed E-state index contributed by atoms with van der Waals surface area (Å²) in [5, 5.41) is 3.36. The zero-order valence-corrected chi connectivity index (χ0v) is 12.0. The largest absolute Gasteiger partial charge is 0.311 e. The molecule has 20 heavy (non-hydrogen) atoms. The van der Waals surface area contributed by atoms with Gasteiger partial charge in [0.2, 0.25) is 0 Å². The number of hydrogen-bond acceptors (Lipinski definition) is 2. The number of fused-ring (bicyclic) bond motifs is 1. The van der Waals surface area contributed by atoms with Gasteiger partial charge in [0.25, 0.3) is 0 Å². The van der Waals surface area contributed by atoms with Crippen LogP contribution in [-0.4, -0.2) is 16.1 Å². The second-order valence-electron chi connectivity index (χ2n) is 5.37. The van der Waals surface area contributed by atoms with Gasteiger partial charge in [-0.2, -0.15) is 0 Å². The molecular formula is C16H20FN3.